The lowest BCUT2D eigenvalue weighted by atomic mass is 9.69. The summed E-state index contributed by atoms with van der Waals surface area (Å²) < 4.78 is 5.50. The van der Waals surface area contributed by atoms with Gasteiger partial charge < -0.3 is 4.74 Å². The molecule has 1 saturated heterocycles. The fraction of sp³-hybridized carbons (Fsp3) is 0.812. The lowest BCUT2D eigenvalue weighted by Crippen LogP contribution is -2.43. The van der Waals surface area contributed by atoms with Crippen molar-refractivity contribution in [2.45, 2.75) is 46.0 Å². The third kappa shape index (κ3) is 3.17. The maximum absolute atomic E-state index is 12.2. The molecule has 0 N–H and O–H groups in total. The van der Waals surface area contributed by atoms with Gasteiger partial charge in [-0.25, -0.2) is 0 Å². The van der Waals surface area contributed by atoms with Crippen LogP contribution in [0, 0.1) is 23.7 Å². The highest BCUT2D eigenvalue weighted by atomic mass is 16.5. The largest absolute Gasteiger partial charge is 0.381 e. The SMILES string of the molecule is CCCC(=O)C1C(=O)CC(C2COCCC2C)CC1=O. The number of hydrogen-bond acceptors (Lipinski definition) is 4. The highest BCUT2D eigenvalue weighted by molar-refractivity contribution is 6.20. The standard InChI is InChI=1S/C16H24O4/c1-3-4-13(17)16-14(18)7-11(8-15(16)19)12-9-20-6-5-10(12)2/h10-12,16H,3-9H2,1-2H3. The predicted molar refractivity (Wildman–Crippen MR) is 74.2 cm³/mol. The maximum atomic E-state index is 12.2. The van der Waals surface area contributed by atoms with Gasteiger partial charge in [0, 0.05) is 32.5 Å². The van der Waals surface area contributed by atoms with Crippen LogP contribution in [0.2, 0.25) is 0 Å². The Labute approximate surface area is 120 Å². The molecule has 2 aliphatic rings. The minimum absolute atomic E-state index is 0.0657. The van der Waals surface area contributed by atoms with Crippen LogP contribution in [-0.4, -0.2) is 30.6 Å². The Morgan fingerprint density at radius 2 is 1.90 bits per heavy atom. The van der Waals surface area contributed by atoms with E-state index in [-0.39, 0.29) is 29.2 Å². The predicted octanol–water partition coefficient (Wildman–Crippen LogP) is 2.19. The first kappa shape index (κ1) is 15.4. The molecule has 20 heavy (non-hydrogen) atoms. The smallest absolute Gasteiger partial charge is 0.151 e. The van der Waals surface area contributed by atoms with E-state index in [2.05, 4.69) is 6.92 Å². The fourth-order valence-corrected chi connectivity index (χ4v) is 3.52. The fourth-order valence-electron chi connectivity index (χ4n) is 3.52. The van der Waals surface area contributed by atoms with Crippen molar-refractivity contribution in [2.24, 2.45) is 23.7 Å². The van der Waals surface area contributed by atoms with Crippen molar-refractivity contribution in [3.63, 3.8) is 0 Å². The van der Waals surface area contributed by atoms with Crippen LogP contribution in [0.1, 0.15) is 46.0 Å². The molecule has 2 atom stereocenters. The summed E-state index contributed by atoms with van der Waals surface area (Å²) in [5.41, 5.74) is 0. The molecule has 2 rings (SSSR count). The Balaban J connectivity index is 2.03. The van der Waals surface area contributed by atoms with Crippen LogP contribution in [-0.2, 0) is 19.1 Å². The van der Waals surface area contributed by atoms with Crippen molar-refractivity contribution in [1.82, 2.24) is 0 Å². The second-order valence-electron chi connectivity index (χ2n) is 6.26. The molecule has 1 saturated carbocycles. The molecule has 1 aliphatic heterocycles. The number of Topliss-reactive ketones (excluding diaryl/α,β-unsaturated/α-hetero) is 3. The Kier molecular flexibility index (Phi) is 5.08. The van der Waals surface area contributed by atoms with Gasteiger partial charge in [-0.15, -0.1) is 0 Å². The number of hydrogen-bond donors (Lipinski definition) is 0. The first-order valence-corrected chi connectivity index (χ1v) is 7.70. The molecule has 0 aromatic carbocycles. The minimum atomic E-state index is -0.967. The topological polar surface area (TPSA) is 60.4 Å². The molecule has 0 bridgehead atoms. The number of carbonyl (C=O) groups is 3. The summed E-state index contributed by atoms with van der Waals surface area (Å²) in [7, 11) is 0. The summed E-state index contributed by atoms with van der Waals surface area (Å²) in [6, 6.07) is 0. The molecule has 0 aromatic rings. The molecule has 0 amide bonds. The van der Waals surface area contributed by atoms with E-state index in [4.69, 9.17) is 4.74 Å². The van der Waals surface area contributed by atoms with Crippen molar-refractivity contribution in [3.8, 4) is 0 Å². The van der Waals surface area contributed by atoms with Crippen LogP contribution in [0.5, 0.6) is 0 Å². The van der Waals surface area contributed by atoms with Gasteiger partial charge in [-0.05, 0) is 30.6 Å². The van der Waals surface area contributed by atoms with Gasteiger partial charge in [0.05, 0.1) is 0 Å². The molecular weight excluding hydrogens is 256 g/mol. The highest BCUT2D eigenvalue weighted by Gasteiger charge is 2.43. The second-order valence-corrected chi connectivity index (χ2v) is 6.26. The van der Waals surface area contributed by atoms with Crippen LogP contribution in [0.15, 0.2) is 0 Å². The zero-order valence-electron chi connectivity index (χ0n) is 12.4. The van der Waals surface area contributed by atoms with Crippen molar-refractivity contribution >= 4 is 17.3 Å². The minimum Gasteiger partial charge on any atom is -0.381 e. The Morgan fingerprint density at radius 3 is 2.45 bits per heavy atom. The third-order valence-corrected chi connectivity index (χ3v) is 4.75. The van der Waals surface area contributed by atoms with E-state index >= 15 is 0 Å². The highest BCUT2D eigenvalue weighted by Crippen LogP contribution is 2.36. The van der Waals surface area contributed by atoms with E-state index in [9.17, 15) is 14.4 Å². The number of ketones is 3. The van der Waals surface area contributed by atoms with Crippen molar-refractivity contribution in [2.75, 3.05) is 13.2 Å². The number of carbonyl (C=O) groups excluding carboxylic acids is 3. The molecule has 2 fully saturated rings. The molecule has 112 valence electrons. The van der Waals surface area contributed by atoms with E-state index in [0.29, 0.717) is 38.2 Å². The molecule has 0 spiro atoms. The van der Waals surface area contributed by atoms with Gasteiger partial charge >= 0.3 is 0 Å². The van der Waals surface area contributed by atoms with Crippen LogP contribution in [0.25, 0.3) is 0 Å². The summed E-state index contributed by atoms with van der Waals surface area (Å²) in [5, 5.41) is 0. The summed E-state index contributed by atoms with van der Waals surface area (Å²) in [5.74, 6) is -0.656. The van der Waals surface area contributed by atoms with Crippen LogP contribution >= 0.6 is 0 Å². The quantitative estimate of drug-likeness (QED) is 0.741. The zero-order valence-corrected chi connectivity index (χ0v) is 12.4. The van der Waals surface area contributed by atoms with Gasteiger partial charge in [0.15, 0.2) is 17.3 Å². The van der Waals surface area contributed by atoms with Gasteiger partial charge in [-0.1, -0.05) is 13.8 Å². The summed E-state index contributed by atoms with van der Waals surface area (Å²) in [6.45, 7) is 5.46. The van der Waals surface area contributed by atoms with E-state index in [1.165, 1.54) is 0 Å². The Bertz CT molecular complexity index is 383. The first-order chi connectivity index (χ1) is 9.54. The normalized spacial score (nSPS) is 35.1. The van der Waals surface area contributed by atoms with Crippen molar-refractivity contribution in [1.29, 1.82) is 0 Å². The van der Waals surface area contributed by atoms with Gasteiger partial charge in [0.1, 0.15) is 5.92 Å². The summed E-state index contributed by atoms with van der Waals surface area (Å²) in [4.78, 5) is 36.3. The molecule has 4 nitrogen and oxygen atoms in total. The van der Waals surface area contributed by atoms with Crippen LogP contribution in [0.3, 0.4) is 0 Å². The van der Waals surface area contributed by atoms with Gasteiger partial charge in [-0.3, -0.25) is 14.4 Å². The van der Waals surface area contributed by atoms with E-state index < -0.39 is 5.92 Å². The average Bonchev–Trinajstić information content (AvgIpc) is 2.38. The van der Waals surface area contributed by atoms with E-state index in [1.807, 2.05) is 6.92 Å². The molecule has 1 aliphatic carbocycles. The zero-order chi connectivity index (χ0) is 14.7. The van der Waals surface area contributed by atoms with Crippen molar-refractivity contribution < 1.29 is 19.1 Å². The average molecular weight is 280 g/mol. The summed E-state index contributed by atoms with van der Waals surface area (Å²) in [6.07, 6.45) is 2.73. The van der Waals surface area contributed by atoms with Crippen molar-refractivity contribution in [3.05, 3.63) is 0 Å². The van der Waals surface area contributed by atoms with Crippen LogP contribution < -0.4 is 0 Å². The maximum Gasteiger partial charge on any atom is 0.151 e. The van der Waals surface area contributed by atoms with Crippen LogP contribution in [0.4, 0.5) is 0 Å². The van der Waals surface area contributed by atoms with Gasteiger partial charge in [-0.2, -0.15) is 0 Å². The molecule has 1 heterocycles. The van der Waals surface area contributed by atoms with E-state index in [1.54, 1.807) is 0 Å². The number of ether oxygens (including phenoxy) is 1. The molecule has 0 radical (unpaired) electrons. The molecule has 2 unspecified atom stereocenters. The monoisotopic (exact) mass is 280 g/mol. The van der Waals surface area contributed by atoms with Gasteiger partial charge in [0.2, 0.25) is 0 Å². The Hall–Kier alpha value is -1.03. The lowest BCUT2D eigenvalue weighted by molar-refractivity contribution is -0.145. The molecular formula is C16H24O4. The third-order valence-electron chi connectivity index (χ3n) is 4.75. The van der Waals surface area contributed by atoms with E-state index in [0.717, 1.165) is 13.0 Å². The molecule has 4 heteroatoms. The molecule has 0 aromatic heterocycles. The van der Waals surface area contributed by atoms with Gasteiger partial charge in [0.25, 0.3) is 0 Å². The Morgan fingerprint density at radius 1 is 1.25 bits per heavy atom. The second kappa shape index (κ2) is 6.61. The first-order valence-electron chi connectivity index (χ1n) is 7.70. The lowest BCUT2D eigenvalue weighted by Gasteiger charge is -2.37. The summed E-state index contributed by atoms with van der Waals surface area (Å²) >= 11 is 0. The number of rotatable bonds is 4.